The summed E-state index contributed by atoms with van der Waals surface area (Å²) in [6.07, 6.45) is -5.14. The van der Waals surface area contributed by atoms with E-state index < -0.39 is 18.2 Å². The van der Waals surface area contributed by atoms with Gasteiger partial charge >= 0.3 is 12.3 Å². The molecular weight excluding hydrogens is 267 g/mol. The molecule has 0 fully saturated rings. The minimum atomic E-state index is -4.87. The van der Waals surface area contributed by atoms with Gasteiger partial charge in [-0.15, -0.1) is 13.2 Å². The van der Waals surface area contributed by atoms with Crippen LogP contribution in [0.25, 0.3) is 0 Å². The molecule has 0 saturated carbocycles. The molecule has 0 amide bonds. The van der Waals surface area contributed by atoms with E-state index >= 15 is 0 Å². The predicted molar refractivity (Wildman–Crippen MR) is 57.9 cm³/mol. The maximum atomic E-state index is 12.1. The Morgan fingerprint density at radius 3 is 2.47 bits per heavy atom. The molecule has 0 radical (unpaired) electrons. The fraction of sp³-hybridized carbons (Fsp3) is 0.455. The highest BCUT2D eigenvalue weighted by molar-refractivity contribution is 5.72. The van der Waals surface area contributed by atoms with Crippen LogP contribution in [0.4, 0.5) is 13.2 Å². The molecule has 0 N–H and O–H groups in total. The third-order valence-electron chi connectivity index (χ3n) is 2.28. The summed E-state index contributed by atoms with van der Waals surface area (Å²) in [6.45, 7) is 1.57. The molecule has 1 aromatic heterocycles. The molecule has 0 aliphatic rings. The molecule has 5 nitrogen and oxygen atoms in total. The number of methoxy groups -OCH3 is 2. The number of nitrogens with zero attached hydrogens (tertiary/aromatic N) is 1. The zero-order valence-electron chi connectivity index (χ0n) is 10.5. The molecular formula is C11H12F3NO4. The van der Waals surface area contributed by atoms with Crippen molar-refractivity contribution in [2.45, 2.75) is 19.7 Å². The van der Waals surface area contributed by atoms with Crippen LogP contribution in [0.3, 0.4) is 0 Å². The van der Waals surface area contributed by atoms with E-state index in [0.717, 1.165) is 6.07 Å². The maximum absolute atomic E-state index is 12.1. The van der Waals surface area contributed by atoms with E-state index in [1.54, 1.807) is 6.92 Å². The number of carbonyl (C=O) groups is 1. The van der Waals surface area contributed by atoms with Crippen LogP contribution < -0.4 is 9.47 Å². The summed E-state index contributed by atoms with van der Waals surface area (Å²) >= 11 is 0. The van der Waals surface area contributed by atoms with Gasteiger partial charge in [0.15, 0.2) is 0 Å². The van der Waals surface area contributed by atoms with Crippen LogP contribution in [0.15, 0.2) is 6.07 Å². The Balaban J connectivity index is 3.14. The van der Waals surface area contributed by atoms with Crippen LogP contribution in [0.5, 0.6) is 11.6 Å². The van der Waals surface area contributed by atoms with E-state index in [0.29, 0.717) is 5.56 Å². The molecule has 1 heterocycles. The first-order valence-corrected chi connectivity index (χ1v) is 5.14. The van der Waals surface area contributed by atoms with Crippen molar-refractivity contribution >= 4 is 5.97 Å². The normalized spacial score (nSPS) is 11.1. The minimum absolute atomic E-state index is 0.102. The number of esters is 1. The van der Waals surface area contributed by atoms with Crippen LogP contribution in [-0.2, 0) is 16.0 Å². The Morgan fingerprint density at radius 2 is 2.00 bits per heavy atom. The van der Waals surface area contributed by atoms with E-state index in [2.05, 4.69) is 14.5 Å². The molecule has 0 unspecified atom stereocenters. The molecule has 0 spiro atoms. The van der Waals surface area contributed by atoms with E-state index in [1.165, 1.54) is 14.2 Å². The highest BCUT2D eigenvalue weighted by Gasteiger charge is 2.32. The van der Waals surface area contributed by atoms with Crippen molar-refractivity contribution in [2.75, 3.05) is 14.2 Å². The topological polar surface area (TPSA) is 57.7 Å². The lowest BCUT2D eigenvalue weighted by Crippen LogP contribution is -2.19. The fourth-order valence-electron chi connectivity index (χ4n) is 1.38. The first-order chi connectivity index (χ1) is 8.76. The Bertz CT molecular complexity index is 474. The number of aromatic nitrogens is 1. The molecule has 106 valence electrons. The first kappa shape index (κ1) is 15.1. The summed E-state index contributed by atoms with van der Waals surface area (Å²) in [6, 6.07) is 1.00. The minimum Gasteiger partial charge on any atom is -0.496 e. The monoisotopic (exact) mass is 279 g/mol. The number of carbonyl (C=O) groups excluding carboxylic acids is 1. The van der Waals surface area contributed by atoms with Gasteiger partial charge in [0.05, 0.1) is 26.3 Å². The predicted octanol–water partition coefficient (Wildman–Crippen LogP) is 2.01. The number of alkyl halides is 3. The summed E-state index contributed by atoms with van der Waals surface area (Å²) in [5.41, 5.74) is 0.549. The van der Waals surface area contributed by atoms with Gasteiger partial charge in [-0.3, -0.25) is 4.79 Å². The van der Waals surface area contributed by atoms with Crippen molar-refractivity contribution in [3.63, 3.8) is 0 Å². The SMILES string of the molecule is COC(=O)Cc1nc(OC(F)(F)F)cc(OC)c1C. The molecule has 1 aromatic rings. The number of hydrogen-bond donors (Lipinski definition) is 0. The van der Waals surface area contributed by atoms with Crippen LogP contribution in [0.1, 0.15) is 11.3 Å². The quantitative estimate of drug-likeness (QED) is 0.789. The van der Waals surface area contributed by atoms with E-state index in [1.807, 2.05) is 0 Å². The van der Waals surface area contributed by atoms with Gasteiger partial charge < -0.3 is 14.2 Å². The van der Waals surface area contributed by atoms with E-state index in [4.69, 9.17) is 4.74 Å². The summed E-state index contributed by atoms with van der Waals surface area (Å²) < 4.78 is 49.5. The third-order valence-corrected chi connectivity index (χ3v) is 2.28. The fourth-order valence-corrected chi connectivity index (χ4v) is 1.38. The second-order valence-corrected chi connectivity index (χ2v) is 3.54. The molecule has 0 atom stereocenters. The summed E-state index contributed by atoms with van der Waals surface area (Å²) in [5.74, 6) is -1.16. The first-order valence-electron chi connectivity index (χ1n) is 5.14. The molecule has 0 aliphatic heterocycles. The van der Waals surface area contributed by atoms with Crippen LogP contribution in [0, 0.1) is 6.92 Å². The van der Waals surface area contributed by atoms with Gasteiger partial charge in [-0.05, 0) is 6.92 Å². The molecule has 0 saturated heterocycles. The number of rotatable bonds is 4. The van der Waals surface area contributed by atoms with Crippen LogP contribution in [-0.4, -0.2) is 31.5 Å². The van der Waals surface area contributed by atoms with Gasteiger partial charge in [0.1, 0.15) is 5.75 Å². The molecule has 0 bridgehead atoms. The highest BCUT2D eigenvalue weighted by Crippen LogP contribution is 2.29. The second kappa shape index (κ2) is 5.77. The Kier molecular flexibility index (Phi) is 4.57. The largest absolute Gasteiger partial charge is 0.574 e. The van der Waals surface area contributed by atoms with Crippen molar-refractivity contribution in [1.29, 1.82) is 0 Å². The summed E-state index contributed by atoms with van der Waals surface area (Å²) in [4.78, 5) is 14.8. The highest BCUT2D eigenvalue weighted by atomic mass is 19.4. The average Bonchev–Trinajstić information content (AvgIpc) is 2.30. The maximum Gasteiger partial charge on any atom is 0.574 e. The molecule has 0 aromatic carbocycles. The van der Waals surface area contributed by atoms with Gasteiger partial charge in [-0.25, -0.2) is 4.98 Å². The second-order valence-electron chi connectivity index (χ2n) is 3.54. The molecule has 19 heavy (non-hydrogen) atoms. The lowest BCUT2D eigenvalue weighted by atomic mass is 10.1. The standard InChI is InChI=1S/C11H12F3NO4/c1-6-7(4-10(16)18-3)15-9(5-8(6)17-2)19-11(12,13)14/h5H,4H2,1-3H3. The van der Waals surface area contributed by atoms with Crippen molar-refractivity contribution < 1.29 is 32.2 Å². The van der Waals surface area contributed by atoms with Gasteiger partial charge in [0, 0.05) is 11.6 Å². The number of hydrogen-bond acceptors (Lipinski definition) is 5. The van der Waals surface area contributed by atoms with E-state index in [-0.39, 0.29) is 17.9 Å². The van der Waals surface area contributed by atoms with Crippen molar-refractivity contribution in [2.24, 2.45) is 0 Å². The lowest BCUT2D eigenvalue weighted by Gasteiger charge is -2.13. The Morgan fingerprint density at radius 1 is 1.37 bits per heavy atom. The van der Waals surface area contributed by atoms with Crippen molar-refractivity contribution in [3.8, 4) is 11.6 Å². The number of halogens is 3. The Hall–Kier alpha value is -1.99. The smallest absolute Gasteiger partial charge is 0.496 e. The van der Waals surface area contributed by atoms with Gasteiger partial charge in [-0.2, -0.15) is 0 Å². The summed E-state index contributed by atoms with van der Waals surface area (Å²) in [5, 5.41) is 0. The third kappa shape index (κ3) is 4.31. The zero-order valence-corrected chi connectivity index (χ0v) is 10.5. The molecule has 8 heteroatoms. The van der Waals surface area contributed by atoms with Crippen molar-refractivity contribution in [3.05, 3.63) is 17.3 Å². The van der Waals surface area contributed by atoms with Gasteiger partial charge in [-0.1, -0.05) is 0 Å². The molecule has 1 rings (SSSR count). The lowest BCUT2D eigenvalue weighted by molar-refractivity contribution is -0.276. The summed E-state index contributed by atoms with van der Waals surface area (Å²) in [7, 11) is 2.46. The van der Waals surface area contributed by atoms with Gasteiger partial charge in [0.2, 0.25) is 5.88 Å². The Labute approximate surface area is 107 Å². The van der Waals surface area contributed by atoms with Crippen LogP contribution >= 0.6 is 0 Å². The van der Waals surface area contributed by atoms with Crippen LogP contribution in [0.2, 0.25) is 0 Å². The number of ether oxygens (including phenoxy) is 3. The zero-order chi connectivity index (χ0) is 14.6. The van der Waals surface area contributed by atoms with Crippen molar-refractivity contribution in [1.82, 2.24) is 4.98 Å². The molecule has 0 aliphatic carbocycles. The average molecular weight is 279 g/mol. The van der Waals surface area contributed by atoms with E-state index in [9.17, 15) is 18.0 Å². The number of pyridine rings is 1. The van der Waals surface area contributed by atoms with Gasteiger partial charge in [0.25, 0.3) is 0 Å².